The summed E-state index contributed by atoms with van der Waals surface area (Å²) in [5.41, 5.74) is 7.00. The molecule has 1 aromatic carbocycles. The SMILES string of the molecule is CCN(C(=O)C(=O)NCCN)c1ccccc1C. The summed E-state index contributed by atoms with van der Waals surface area (Å²) in [4.78, 5) is 25.1. The van der Waals surface area contributed by atoms with Crippen LogP contribution in [0, 0.1) is 6.92 Å². The predicted octanol–water partition coefficient (Wildman–Crippen LogP) is 0.423. The van der Waals surface area contributed by atoms with Crippen LogP contribution >= 0.6 is 0 Å². The zero-order valence-electron chi connectivity index (χ0n) is 10.8. The largest absolute Gasteiger partial charge is 0.347 e. The maximum atomic E-state index is 12.0. The minimum absolute atomic E-state index is 0.301. The third-order valence-electron chi connectivity index (χ3n) is 2.59. The Morgan fingerprint density at radius 3 is 2.56 bits per heavy atom. The molecule has 18 heavy (non-hydrogen) atoms. The molecule has 0 unspecified atom stereocenters. The van der Waals surface area contributed by atoms with Gasteiger partial charge in [0.25, 0.3) is 0 Å². The van der Waals surface area contributed by atoms with Crippen LogP contribution in [0.4, 0.5) is 5.69 Å². The number of nitrogens with two attached hydrogens (primary N) is 1. The maximum absolute atomic E-state index is 12.0. The predicted molar refractivity (Wildman–Crippen MR) is 71.3 cm³/mol. The number of carbonyl (C=O) groups is 2. The number of hydrogen-bond acceptors (Lipinski definition) is 3. The van der Waals surface area contributed by atoms with Crippen LogP contribution < -0.4 is 16.0 Å². The number of likely N-dealkylation sites (N-methyl/N-ethyl adjacent to an activating group) is 1. The molecule has 0 saturated heterocycles. The molecule has 0 atom stereocenters. The summed E-state index contributed by atoms with van der Waals surface area (Å²) in [6, 6.07) is 7.47. The second-order valence-corrected chi connectivity index (χ2v) is 3.88. The maximum Gasteiger partial charge on any atom is 0.316 e. The lowest BCUT2D eigenvalue weighted by Gasteiger charge is -2.22. The molecule has 0 aliphatic heterocycles. The number of anilines is 1. The second-order valence-electron chi connectivity index (χ2n) is 3.88. The first-order valence-corrected chi connectivity index (χ1v) is 5.97. The van der Waals surface area contributed by atoms with Crippen molar-refractivity contribution in [3.05, 3.63) is 29.8 Å². The first-order valence-electron chi connectivity index (χ1n) is 5.97. The van der Waals surface area contributed by atoms with Crippen LogP contribution in [0.25, 0.3) is 0 Å². The van der Waals surface area contributed by atoms with Gasteiger partial charge in [-0.2, -0.15) is 0 Å². The van der Waals surface area contributed by atoms with Gasteiger partial charge >= 0.3 is 11.8 Å². The Bertz CT molecular complexity index is 432. The van der Waals surface area contributed by atoms with E-state index >= 15 is 0 Å². The van der Waals surface area contributed by atoms with Crippen molar-refractivity contribution in [2.24, 2.45) is 5.73 Å². The smallest absolute Gasteiger partial charge is 0.316 e. The molecule has 0 aromatic heterocycles. The van der Waals surface area contributed by atoms with Gasteiger partial charge in [-0.25, -0.2) is 0 Å². The fraction of sp³-hybridized carbons (Fsp3) is 0.385. The molecule has 0 bridgehead atoms. The first kappa shape index (κ1) is 14.2. The van der Waals surface area contributed by atoms with Gasteiger partial charge < -0.3 is 16.0 Å². The molecule has 0 aliphatic carbocycles. The van der Waals surface area contributed by atoms with Gasteiger partial charge in [0, 0.05) is 25.3 Å². The Hall–Kier alpha value is -1.88. The number of nitrogens with one attached hydrogen (secondary N) is 1. The van der Waals surface area contributed by atoms with Crippen LogP contribution in [0.2, 0.25) is 0 Å². The fourth-order valence-corrected chi connectivity index (χ4v) is 1.67. The number of carbonyl (C=O) groups excluding carboxylic acids is 2. The molecule has 0 spiro atoms. The van der Waals surface area contributed by atoms with Crippen molar-refractivity contribution in [2.45, 2.75) is 13.8 Å². The zero-order chi connectivity index (χ0) is 13.5. The average Bonchev–Trinajstić information content (AvgIpc) is 2.38. The summed E-state index contributed by atoms with van der Waals surface area (Å²) >= 11 is 0. The normalized spacial score (nSPS) is 9.94. The molecule has 98 valence electrons. The summed E-state index contributed by atoms with van der Waals surface area (Å²) in [6.45, 7) is 4.80. The van der Waals surface area contributed by atoms with Crippen molar-refractivity contribution in [1.82, 2.24) is 5.32 Å². The zero-order valence-corrected chi connectivity index (χ0v) is 10.8. The third kappa shape index (κ3) is 3.30. The van der Waals surface area contributed by atoms with E-state index in [2.05, 4.69) is 5.32 Å². The van der Waals surface area contributed by atoms with Crippen molar-refractivity contribution in [3.63, 3.8) is 0 Å². The number of aryl methyl sites for hydroxylation is 1. The Kier molecular flexibility index (Phi) is 5.32. The van der Waals surface area contributed by atoms with E-state index in [1.165, 1.54) is 4.90 Å². The van der Waals surface area contributed by atoms with Gasteiger partial charge in [-0.3, -0.25) is 9.59 Å². The molecule has 0 heterocycles. The first-order chi connectivity index (χ1) is 8.61. The quantitative estimate of drug-likeness (QED) is 0.759. The van der Waals surface area contributed by atoms with E-state index in [1.54, 1.807) is 0 Å². The van der Waals surface area contributed by atoms with Crippen LogP contribution in [-0.2, 0) is 9.59 Å². The lowest BCUT2D eigenvalue weighted by molar-refractivity contribution is -0.137. The fourth-order valence-electron chi connectivity index (χ4n) is 1.67. The van der Waals surface area contributed by atoms with Crippen LogP contribution in [0.15, 0.2) is 24.3 Å². The summed E-state index contributed by atoms with van der Waals surface area (Å²) in [6.07, 6.45) is 0. The molecule has 1 rings (SSSR count). The van der Waals surface area contributed by atoms with Crippen molar-refractivity contribution >= 4 is 17.5 Å². The molecule has 1 aromatic rings. The number of para-hydroxylation sites is 1. The van der Waals surface area contributed by atoms with Crippen molar-refractivity contribution in [3.8, 4) is 0 Å². The highest BCUT2D eigenvalue weighted by molar-refractivity contribution is 6.40. The molecule has 2 amide bonds. The Labute approximate surface area is 107 Å². The second kappa shape index (κ2) is 6.76. The Morgan fingerprint density at radius 1 is 1.33 bits per heavy atom. The molecule has 5 nitrogen and oxygen atoms in total. The summed E-state index contributed by atoms with van der Waals surface area (Å²) in [5, 5.41) is 2.48. The van der Waals surface area contributed by atoms with Crippen molar-refractivity contribution in [1.29, 1.82) is 0 Å². The number of hydrogen-bond donors (Lipinski definition) is 2. The Morgan fingerprint density at radius 2 is 2.00 bits per heavy atom. The molecule has 3 N–H and O–H groups in total. The highest BCUT2D eigenvalue weighted by atomic mass is 16.2. The van der Waals surface area contributed by atoms with Gasteiger partial charge in [-0.05, 0) is 25.5 Å². The summed E-state index contributed by atoms with van der Waals surface area (Å²) in [5.74, 6) is -1.18. The van der Waals surface area contributed by atoms with Gasteiger partial charge in [0.15, 0.2) is 0 Å². The number of rotatable bonds is 4. The van der Waals surface area contributed by atoms with Crippen molar-refractivity contribution < 1.29 is 9.59 Å². The van der Waals surface area contributed by atoms with E-state index in [0.29, 0.717) is 19.6 Å². The molecular weight excluding hydrogens is 230 g/mol. The highest BCUT2D eigenvalue weighted by Gasteiger charge is 2.22. The molecule has 5 heteroatoms. The van der Waals surface area contributed by atoms with Crippen LogP contribution in [0.3, 0.4) is 0 Å². The van der Waals surface area contributed by atoms with Crippen molar-refractivity contribution in [2.75, 3.05) is 24.5 Å². The number of nitrogens with zero attached hydrogens (tertiary/aromatic N) is 1. The van der Waals surface area contributed by atoms with Crippen LogP contribution in [0.1, 0.15) is 12.5 Å². The van der Waals surface area contributed by atoms with Crippen LogP contribution in [0.5, 0.6) is 0 Å². The summed E-state index contributed by atoms with van der Waals surface area (Å²) in [7, 11) is 0. The minimum Gasteiger partial charge on any atom is -0.347 e. The van der Waals surface area contributed by atoms with Gasteiger partial charge in [-0.15, -0.1) is 0 Å². The van der Waals surface area contributed by atoms with E-state index in [1.807, 2.05) is 38.1 Å². The lowest BCUT2D eigenvalue weighted by Crippen LogP contribution is -2.44. The van der Waals surface area contributed by atoms with E-state index in [4.69, 9.17) is 5.73 Å². The van der Waals surface area contributed by atoms with E-state index in [-0.39, 0.29) is 0 Å². The number of benzene rings is 1. The summed E-state index contributed by atoms with van der Waals surface area (Å²) < 4.78 is 0. The lowest BCUT2D eigenvalue weighted by atomic mass is 10.2. The molecular formula is C13H19N3O2. The molecule has 0 radical (unpaired) electrons. The van der Waals surface area contributed by atoms with Gasteiger partial charge in [0.1, 0.15) is 0 Å². The van der Waals surface area contributed by atoms with E-state index in [0.717, 1.165) is 11.3 Å². The third-order valence-corrected chi connectivity index (χ3v) is 2.59. The average molecular weight is 249 g/mol. The van der Waals surface area contributed by atoms with E-state index in [9.17, 15) is 9.59 Å². The van der Waals surface area contributed by atoms with Gasteiger partial charge in [0.2, 0.25) is 0 Å². The van der Waals surface area contributed by atoms with Crippen LogP contribution in [-0.4, -0.2) is 31.4 Å². The monoisotopic (exact) mass is 249 g/mol. The van der Waals surface area contributed by atoms with E-state index < -0.39 is 11.8 Å². The van der Waals surface area contributed by atoms with Gasteiger partial charge in [0.05, 0.1) is 0 Å². The topological polar surface area (TPSA) is 75.4 Å². The molecule has 0 aliphatic rings. The Balaban J connectivity index is 2.87. The van der Waals surface area contributed by atoms with Gasteiger partial charge in [-0.1, -0.05) is 18.2 Å². The minimum atomic E-state index is -0.620. The molecule has 0 saturated carbocycles. The number of amides is 2. The standard InChI is InChI=1S/C13H19N3O2/c1-3-16(11-7-5-4-6-10(11)2)13(18)12(17)15-9-8-14/h4-7H,3,8-9,14H2,1-2H3,(H,15,17). The highest BCUT2D eigenvalue weighted by Crippen LogP contribution is 2.19. The molecule has 0 fully saturated rings.